The van der Waals surface area contributed by atoms with Crippen molar-refractivity contribution in [2.75, 3.05) is 56.2 Å². The Balaban J connectivity index is 1.49. The first-order valence-corrected chi connectivity index (χ1v) is 10.4. The fraction of sp³-hybridized carbons (Fsp3) is 0.625. The van der Waals surface area contributed by atoms with Gasteiger partial charge in [0.25, 0.3) is 5.91 Å². The van der Waals surface area contributed by atoms with Crippen molar-refractivity contribution in [3.63, 3.8) is 0 Å². The van der Waals surface area contributed by atoms with Crippen LogP contribution in [0.1, 0.15) is 16.9 Å². The third kappa shape index (κ3) is 5.38. The summed E-state index contributed by atoms with van der Waals surface area (Å²) in [5.74, 6) is -0.191. The number of amides is 1. The lowest BCUT2D eigenvalue weighted by Crippen LogP contribution is -2.39. The molecule has 2 aliphatic heterocycles. The van der Waals surface area contributed by atoms with Crippen LogP contribution in [0.2, 0.25) is 0 Å². The van der Waals surface area contributed by atoms with Crippen LogP contribution in [0, 0.1) is 0 Å². The highest BCUT2D eigenvalue weighted by Gasteiger charge is 2.29. The average Bonchev–Trinajstić information content (AvgIpc) is 2.94. The molecular weight excluding hydrogens is 344 g/mol. The summed E-state index contributed by atoms with van der Waals surface area (Å²) in [4.78, 5) is 18.7. The molecule has 0 bridgehead atoms. The molecule has 1 atom stereocenters. The minimum Gasteiger partial charge on any atom is -0.384 e. The Kier molecular flexibility index (Phi) is 5.87. The smallest absolute Gasteiger partial charge is 0.270 e. The fourth-order valence-electron chi connectivity index (χ4n) is 3.02. The zero-order valence-corrected chi connectivity index (χ0v) is 14.9. The minimum atomic E-state index is -3.02. The maximum Gasteiger partial charge on any atom is 0.270 e. The van der Waals surface area contributed by atoms with Crippen molar-refractivity contribution in [3.8, 4) is 0 Å². The molecular formula is C16H24N4O4S. The van der Waals surface area contributed by atoms with E-state index in [1.807, 2.05) is 6.07 Å². The van der Waals surface area contributed by atoms with Crippen molar-refractivity contribution in [2.24, 2.45) is 0 Å². The lowest BCUT2D eigenvalue weighted by molar-refractivity contribution is 0.0398. The second kappa shape index (κ2) is 8.11. The van der Waals surface area contributed by atoms with Crippen molar-refractivity contribution in [3.05, 3.63) is 24.0 Å². The van der Waals surface area contributed by atoms with Gasteiger partial charge in [-0.15, -0.1) is 0 Å². The molecule has 3 heterocycles. The van der Waals surface area contributed by atoms with E-state index in [-0.39, 0.29) is 23.5 Å². The number of carbonyl (C=O) groups excluding carboxylic acids is 1. The zero-order chi connectivity index (χ0) is 17.7. The molecule has 1 aromatic rings. The summed E-state index contributed by atoms with van der Waals surface area (Å²) in [6.45, 7) is 5.11. The van der Waals surface area contributed by atoms with Gasteiger partial charge in [-0.2, -0.15) is 0 Å². The average molecular weight is 368 g/mol. The van der Waals surface area contributed by atoms with Gasteiger partial charge in [-0.3, -0.25) is 14.7 Å². The lowest BCUT2D eigenvalue weighted by atomic mass is 10.2. The van der Waals surface area contributed by atoms with Crippen molar-refractivity contribution in [1.82, 2.24) is 15.2 Å². The van der Waals surface area contributed by atoms with E-state index in [0.717, 1.165) is 45.1 Å². The van der Waals surface area contributed by atoms with Crippen LogP contribution in [0.15, 0.2) is 18.3 Å². The van der Waals surface area contributed by atoms with Crippen LogP contribution in [-0.2, 0) is 14.6 Å². The number of anilines is 1. The zero-order valence-electron chi connectivity index (χ0n) is 14.1. The molecule has 3 rings (SSSR count). The molecule has 1 amide bonds. The van der Waals surface area contributed by atoms with Gasteiger partial charge < -0.3 is 15.4 Å². The highest BCUT2D eigenvalue weighted by Crippen LogP contribution is 2.13. The van der Waals surface area contributed by atoms with Gasteiger partial charge in [0.1, 0.15) is 5.69 Å². The van der Waals surface area contributed by atoms with Crippen molar-refractivity contribution in [2.45, 2.75) is 12.5 Å². The molecule has 2 aliphatic rings. The lowest BCUT2D eigenvalue weighted by Gasteiger charge is -2.26. The summed E-state index contributed by atoms with van der Waals surface area (Å²) < 4.78 is 28.3. The molecule has 2 fully saturated rings. The first kappa shape index (κ1) is 18.1. The Morgan fingerprint density at radius 2 is 2.16 bits per heavy atom. The Hall–Kier alpha value is -1.71. The number of ether oxygens (including phenoxy) is 1. The molecule has 9 heteroatoms. The van der Waals surface area contributed by atoms with Crippen LogP contribution in [0.25, 0.3) is 0 Å². The molecule has 2 saturated heterocycles. The number of nitrogens with one attached hydrogen (secondary N) is 2. The Labute approximate surface area is 147 Å². The highest BCUT2D eigenvalue weighted by atomic mass is 32.2. The molecule has 0 saturated carbocycles. The molecule has 2 N–H and O–H groups in total. The third-order valence-electron chi connectivity index (χ3n) is 4.42. The molecule has 1 unspecified atom stereocenters. The van der Waals surface area contributed by atoms with E-state index in [4.69, 9.17) is 4.74 Å². The number of morpholine rings is 1. The summed E-state index contributed by atoms with van der Waals surface area (Å²) in [7, 11) is -3.02. The van der Waals surface area contributed by atoms with Gasteiger partial charge >= 0.3 is 0 Å². The van der Waals surface area contributed by atoms with Crippen LogP contribution in [0.5, 0.6) is 0 Å². The number of aromatic nitrogens is 1. The second-order valence-corrected chi connectivity index (χ2v) is 8.61. The van der Waals surface area contributed by atoms with Crippen LogP contribution < -0.4 is 10.6 Å². The van der Waals surface area contributed by atoms with Crippen molar-refractivity contribution >= 4 is 21.4 Å². The third-order valence-corrected chi connectivity index (χ3v) is 6.19. The molecule has 0 aliphatic carbocycles. The van der Waals surface area contributed by atoms with Gasteiger partial charge in [-0.1, -0.05) is 0 Å². The summed E-state index contributed by atoms with van der Waals surface area (Å²) in [5.41, 5.74) is 1.12. The fourth-order valence-corrected chi connectivity index (χ4v) is 4.69. The van der Waals surface area contributed by atoms with Crippen LogP contribution in [-0.4, -0.2) is 81.1 Å². The second-order valence-electron chi connectivity index (χ2n) is 6.38. The Bertz CT molecular complexity index is 704. The number of rotatable bonds is 6. The highest BCUT2D eigenvalue weighted by molar-refractivity contribution is 7.91. The molecule has 0 radical (unpaired) electrons. The number of nitrogens with zero attached hydrogens (tertiary/aromatic N) is 2. The number of hydrogen-bond donors (Lipinski definition) is 2. The van der Waals surface area contributed by atoms with Crippen LogP contribution in [0.3, 0.4) is 0 Å². The summed E-state index contributed by atoms with van der Waals surface area (Å²) in [6.07, 6.45) is 2.04. The normalized spacial score (nSPS) is 23.3. The first-order chi connectivity index (χ1) is 12.0. The summed E-state index contributed by atoms with van der Waals surface area (Å²) in [6, 6.07) is 3.19. The molecule has 25 heavy (non-hydrogen) atoms. The maximum absolute atomic E-state index is 12.3. The van der Waals surface area contributed by atoms with Gasteiger partial charge in [0, 0.05) is 44.1 Å². The molecule has 0 aromatic carbocycles. The minimum absolute atomic E-state index is 0.0101. The van der Waals surface area contributed by atoms with Gasteiger partial charge in [-0.05, 0) is 18.6 Å². The number of sulfone groups is 1. The Morgan fingerprint density at radius 3 is 2.88 bits per heavy atom. The monoisotopic (exact) mass is 368 g/mol. The molecule has 8 nitrogen and oxygen atoms in total. The molecule has 138 valence electrons. The van der Waals surface area contributed by atoms with Crippen molar-refractivity contribution < 1.29 is 17.9 Å². The van der Waals surface area contributed by atoms with E-state index < -0.39 is 9.84 Å². The van der Waals surface area contributed by atoms with Gasteiger partial charge in [0.15, 0.2) is 9.84 Å². The van der Waals surface area contributed by atoms with E-state index in [9.17, 15) is 13.2 Å². The predicted octanol–water partition coefficient (Wildman–Crippen LogP) is -0.257. The standard InChI is InChI=1S/C16H24N4O4S/c21-16(19-14-2-10-25(22,23)12-14)15-11-13(1-3-18-15)17-4-5-20-6-8-24-9-7-20/h1,3,11,14H,2,4-10,12H2,(H,17,18)(H,19,21). The van der Waals surface area contributed by atoms with Gasteiger partial charge in [-0.25, -0.2) is 8.42 Å². The molecule has 0 spiro atoms. The van der Waals surface area contributed by atoms with Gasteiger partial charge in [0.05, 0.1) is 24.7 Å². The van der Waals surface area contributed by atoms with E-state index in [1.165, 1.54) is 0 Å². The largest absolute Gasteiger partial charge is 0.384 e. The summed E-state index contributed by atoms with van der Waals surface area (Å²) in [5, 5.41) is 6.05. The number of carbonyl (C=O) groups is 1. The van der Waals surface area contributed by atoms with E-state index in [0.29, 0.717) is 12.1 Å². The van der Waals surface area contributed by atoms with Gasteiger partial charge in [0.2, 0.25) is 0 Å². The maximum atomic E-state index is 12.3. The van der Waals surface area contributed by atoms with Crippen LogP contribution >= 0.6 is 0 Å². The van der Waals surface area contributed by atoms with E-state index >= 15 is 0 Å². The number of pyridine rings is 1. The number of hydrogen-bond acceptors (Lipinski definition) is 7. The van der Waals surface area contributed by atoms with Crippen LogP contribution in [0.4, 0.5) is 5.69 Å². The topological polar surface area (TPSA) is 101 Å². The van der Waals surface area contributed by atoms with E-state index in [1.54, 1.807) is 12.3 Å². The predicted molar refractivity (Wildman–Crippen MR) is 94.5 cm³/mol. The quantitative estimate of drug-likeness (QED) is 0.714. The van der Waals surface area contributed by atoms with Crippen molar-refractivity contribution in [1.29, 1.82) is 0 Å². The SMILES string of the molecule is O=C(NC1CCS(=O)(=O)C1)c1cc(NCCN2CCOCC2)ccn1. The van der Waals surface area contributed by atoms with E-state index in [2.05, 4.69) is 20.5 Å². The summed E-state index contributed by atoms with van der Waals surface area (Å²) >= 11 is 0. The molecule has 1 aromatic heterocycles. The first-order valence-electron chi connectivity index (χ1n) is 8.53. The Morgan fingerprint density at radius 1 is 1.36 bits per heavy atom.